The van der Waals surface area contributed by atoms with Gasteiger partial charge in [0.2, 0.25) is 5.91 Å². The monoisotopic (exact) mass is 477 g/mol. The predicted octanol–water partition coefficient (Wildman–Crippen LogP) is 5.21. The molecule has 1 atom stereocenters. The Hall–Kier alpha value is -4.14. The second-order valence-corrected chi connectivity index (χ2v) is 8.07. The molecule has 7 nitrogen and oxygen atoms in total. The zero-order valence-electron chi connectivity index (χ0n) is 19.0. The number of alkyl halides is 2. The first-order valence-corrected chi connectivity index (χ1v) is 11.2. The summed E-state index contributed by atoms with van der Waals surface area (Å²) in [5.74, 6) is 1.19. The number of nitrogens with one attached hydrogen (secondary N) is 2. The molecule has 1 aromatic heterocycles. The summed E-state index contributed by atoms with van der Waals surface area (Å²) in [7, 11) is 0. The van der Waals surface area contributed by atoms with Crippen LogP contribution in [0.4, 0.5) is 14.6 Å². The van der Waals surface area contributed by atoms with Crippen LogP contribution in [0.1, 0.15) is 36.0 Å². The lowest BCUT2D eigenvalue weighted by Gasteiger charge is -2.24. The fraction of sp³-hybridized carbons (Fsp3) is 0.231. The van der Waals surface area contributed by atoms with Gasteiger partial charge in [-0.1, -0.05) is 18.7 Å². The first-order chi connectivity index (χ1) is 17.0. The number of hydrogen-bond acceptors (Lipinski definition) is 6. The second kappa shape index (κ2) is 10.9. The third-order valence-electron chi connectivity index (χ3n) is 5.81. The molecular weight excluding hydrogens is 452 g/mol. The number of halogens is 2. The molecular formula is C26H25F2N5O2. The smallest absolute Gasteiger partial charge is 0.263 e. The molecule has 0 spiro atoms. The highest BCUT2D eigenvalue weighted by Crippen LogP contribution is 2.27. The molecule has 180 valence electrons. The number of likely N-dealkylation sites (tertiary alicyclic amines) is 1. The van der Waals surface area contributed by atoms with Crippen molar-refractivity contribution >= 4 is 17.4 Å². The molecule has 1 aliphatic rings. The summed E-state index contributed by atoms with van der Waals surface area (Å²) < 4.78 is 31.5. The van der Waals surface area contributed by atoms with Crippen molar-refractivity contribution in [1.29, 1.82) is 5.41 Å². The van der Waals surface area contributed by atoms with Gasteiger partial charge in [0.15, 0.2) is 0 Å². The van der Waals surface area contributed by atoms with E-state index in [-0.39, 0.29) is 23.2 Å². The average Bonchev–Trinajstić information content (AvgIpc) is 3.36. The van der Waals surface area contributed by atoms with Crippen molar-refractivity contribution < 1.29 is 18.3 Å². The van der Waals surface area contributed by atoms with Gasteiger partial charge < -0.3 is 15.0 Å². The fourth-order valence-electron chi connectivity index (χ4n) is 4.02. The normalized spacial score (nSPS) is 15.2. The number of hydrogen-bond donors (Lipinski definition) is 2. The van der Waals surface area contributed by atoms with Crippen LogP contribution in [0.2, 0.25) is 0 Å². The SMILES string of the molecule is C=CC(=O)N1CCCC1CNc1ncncc1C(=N)c1ccc(Oc2cccc(C(F)F)c2)cc1. The Morgan fingerprint density at radius 2 is 2.06 bits per heavy atom. The first kappa shape index (κ1) is 24.0. The van der Waals surface area contributed by atoms with Gasteiger partial charge in [0.1, 0.15) is 23.6 Å². The van der Waals surface area contributed by atoms with Crippen LogP contribution >= 0.6 is 0 Å². The van der Waals surface area contributed by atoms with Gasteiger partial charge in [-0.15, -0.1) is 0 Å². The van der Waals surface area contributed by atoms with Crippen LogP contribution in [0.5, 0.6) is 11.5 Å². The van der Waals surface area contributed by atoms with Crippen molar-refractivity contribution in [2.75, 3.05) is 18.4 Å². The average molecular weight is 478 g/mol. The maximum atomic E-state index is 12.9. The van der Waals surface area contributed by atoms with Crippen molar-refractivity contribution in [3.63, 3.8) is 0 Å². The summed E-state index contributed by atoms with van der Waals surface area (Å²) in [6, 6.07) is 12.6. The largest absolute Gasteiger partial charge is 0.457 e. The topological polar surface area (TPSA) is 91.2 Å². The molecule has 1 unspecified atom stereocenters. The molecule has 2 heterocycles. The summed E-state index contributed by atoms with van der Waals surface area (Å²) in [4.78, 5) is 22.2. The Labute approximate surface area is 202 Å². The van der Waals surface area contributed by atoms with Crippen LogP contribution in [0, 0.1) is 5.41 Å². The molecule has 35 heavy (non-hydrogen) atoms. The van der Waals surface area contributed by atoms with E-state index in [1.807, 2.05) is 0 Å². The Morgan fingerprint density at radius 3 is 2.80 bits per heavy atom. The molecule has 0 bridgehead atoms. The molecule has 2 aromatic carbocycles. The molecule has 1 fully saturated rings. The summed E-state index contributed by atoms with van der Waals surface area (Å²) in [6.07, 6.45) is 3.54. The van der Waals surface area contributed by atoms with E-state index in [4.69, 9.17) is 10.1 Å². The highest BCUT2D eigenvalue weighted by molar-refractivity contribution is 6.13. The summed E-state index contributed by atoms with van der Waals surface area (Å²) >= 11 is 0. The molecule has 1 aliphatic heterocycles. The van der Waals surface area contributed by atoms with Gasteiger partial charge in [0.25, 0.3) is 6.43 Å². The van der Waals surface area contributed by atoms with Crippen LogP contribution in [-0.4, -0.2) is 45.6 Å². The minimum atomic E-state index is -2.57. The molecule has 3 aromatic rings. The molecule has 0 saturated carbocycles. The fourth-order valence-corrected chi connectivity index (χ4v) is 4.02. The van der Waals surface area contributed by atoms with E-state index in [1.165, 1.54) is 30.6 Å². The number of anilines is 1. The minimum Gasteiger partial charge on any atom is -0.457 e. The quantitative estimate of drug-likeness (QED) is 0.326. The van der Waals surface area contributed by atoms with Crippen molar-refractivity contribution in [1.82, 2.24) is 14.9 Å². The summed E-state index contributed by atoms with van der Waals surface area (Å²) in [5.41, 5.74) is 1.23. The Bertz CT molecular complexity index is 1220. The van der Waals surface area contributed by atoms with E-state index < -0.39 is 6.43 Å². The first-order valence-electron chi connectivity index (χ1n) is 11.2. The number of amides is 1. The van der Waals surface area contributed by atoms with E-state index in [2.05, 4.69) is 21.9 Å². The maximum absolute atomic E-state index is 12.9. The molecule has 9 heteroatoms. The number of benzene rings is 2. The van der Waals surface area contributed by atoms with Gasteiger partial charge in [-0.2, -0.15) is 0 Å². The van der Waals surface area contributed by atoms with Crippen LogP contribution in [0.15, 0.2) is 73.7 Å². The highest BCUT2D eigenvalue weighted by Gasteiger charge is 2.27. The highest BCUT2D eigenvalue weighted by atomic mass is 19.3. The molecule has 1 saturated heterocycles. The lowest BCUT2D eigenvalue weighted by molar-refractivity contribution is -0.126. The number of carbonyl (C=O) groups is 1. The van der Waals surface area contributed by atoms with E-state index >= 15 is 0 Å². The Balaban J connectivity index is 1.45. The van der Waals surface area contributed by atoms with Crippen LogP contribution in [0.3, 0.4) is 0 Å². The molecule has 1 amide bonds. The molecule has 4 rings (SSSR count). The number of ether oxygens (including phenoxy) is 1. The lowest BCUT2D eigenvalue weighted by atomic mass is 10.0. The standard InChI is InChI=1S/C26H25F2N5O2/c1-2-23(34)33-12-4-6-19(33)14-31-26-22(15-30-16-32-26)24(29)17-8-10-20(11-9-17)35-21-7-3-5-18(13-21)25(27)28/h2-3,5,7-11,13,15-16,19,25,29H,1,4,6,12,14H2,(H,30,31,32). The Morgan fingerprint density at radius 1 is 1.26 bits per heavy atom. The van der Waals surface area contributed by atoms with E-state index in [0.29, 0.717) is 41.5 Å². The zero-order chi connectivity index (χ0) is 24.8. The van der Waals surface area contributed by atoms with Crippen molar-refractivity contribution in [2.45, 2.75) is 25.3 Å². The number of rotatable bonds is 9. The van der Waals surface area contributed by atoms with E-state index in [9.17, 15) is 13.6 Å². The van der Waals surface area contributed by atoms with Crippen LogP contribution < -0.4 is 10.1 Å². The number of carbonyl (C=O) groups excluding carboxylic acids is 1. The van der Waals surface area contributed by atoms with Gasteiger partial charge in [-0.25, -0.2) is 18.7 Å². The van der Waals surface area contributed by atoms with Gasteiger partial charge in [-0.05, 0) is 55.3 Å². The van der Waals surface area contributed by atoms with E-state index in [1.54, 1.807) is 41.4 Å². The van der Waals surface area contributed by atoms with Gasteiger partial charge in [0.05, 0.1) is 11.3 Å². The zero-order valence-corrected chi connectivity index (χ0v) is 19.0. The van der Waals surface area contributed by atoms with Crippen molar-refractivity contribution in [2.24, 2.45) is 0 Å². The Kier molecular flexibility index (Phi) is 7.45. The molecule has 2 N–H and O–H groups in total. The molecule has 0 aliphatic carbocycles. The van der Waals surface area contributed by atoms with Crippen molar-refractivity contribution in [3.8, 4) is 11.5 Å². The number of nitrogens with zero attached hydrogens (tertiary/aromatic N) is 3. The third-order valence-corrected chi connectivity index (χ3v) is 5.81. The van der Waals surface area contributed by atoms with Crippen LogP contribution in [0.25, 0.3) is 0 Å². The third kappa shape index (κ3) is 5.68. The maximum Gasteiger partial charge on any atom is 0.263 e. The minimum absolute atomic E-state index is 0.0255. The second-order valence-electron chi connectivity index (χ2n) is 8.07. The lowest BCUT2D eigenvalue weighted by Crippen LogP contribution is -2.38. The number of aromatic nitrogens is 2. The van der Waals surface area contributed by atoms with Gasteiger partial charge in [-0.3, -0.25) is 10.2 Å². The van der Waals surface area contributed by atoms with Crippen LogP contribution in [-0.2, 0) is 4.79 Å². The summed E-state index contributed by atoms with van der Waals surface area (Å²) in [5, 5.41) is 11.9. The predicted molar refractivity (Wildman–Crippen MR) is 129 cm³/mol. The molecule has 0 radical (unpaired) electrons. The summed E-state index contributed by atoms with van der Waals surface area (Å²) in [6.45, 7) is 4.77. The van der Waals surface area contributed by atoms with Crippen molar-refractivity contribution in [3.05, 3.63) is 90.4 Å². The van der Waals surface area contributed by atoms with Gasteiger partial charge in [0, 0.05) is 36.5 Å². The van der Waals surface area contributed by atoms with E-state index in [0.717, 1.165) is 12.8 Å². The van der Waals surface area contributed by atoms with Gasteiger partial charge >= 0.3 is 0 Å².